The lowest BCUT2D eigenvalue weighted by atomic mass is 10.2. The Labute approximate surface area is 263 Å². The number of carbonyl (C=O) groups is 2. The maximum atomic E-state index is 13.4. The molecule has 1 atom stereocenters. The highest BCUT2D eigenvalue weighted by Gasteiger charge is 2.20. The van der Waals surface area contributed by atoms with E-state index in [1.807, 2.05) is 65.0 Å². The lowest BCUT2D eigenvalue weighted by Crippen LogP contribution is -2.40. The van der Waals surface area contributed by atoms with Crippen LogP contribution in [0.5, 0.6) is 5.75 Å². The molecule has 0 bridgehead atoms. The maximum Gasteiger partial charge on any atom is 0.344 e. The number of ketones is 1. The molecule has 0 aliphatic carbocycles. The summed E-state index contributed by atoms with van der Waals surface area (Å²) < 4.78 is 5.92. The van der Waals surface area contributed by atoms with Crippen LogP contribution in [-0.2, 0) is 4.79 Å². The number of carbonyl (C=O) groups excluding carboxylic acids is 2. The quantitative estimate of drug-likeness (QED) is 0.137. The van der Waals surface area contributed by atoms with E-state index < -0.39 is 0 Å². The minimum Gasteiger partial charge on any atom is -0.491 e. The van der Waals surface area contributed by atoms with Crippen LogP contribution in [0.2, 0.25) is 0 Å². The molecule has 10 heteroatoms. The molecule has 2 amide bonds. The number of hydrogen-bond donors (Lipinski definition) is 1. The Morgan fingerprint density at radius 3 is 2.44 bits per heavy atom. The molecule has 9 nitrogen and oxygen atoms in total. The molecule has 0 fully saturated rings. The number of Topliss-reactive ketones (excluding diaryl/α,β-unsaturated/α-hetero) is 1. The first-order valence-corrected chi connectivity index (χ1v) is 15.0. The van der Waals surface area contributed by atoms with Crippen molar-refractivity contribution in [3.8, 4) is 5.75 Å². The Morgan fingerprint density at radius 2 is 1.84 bits per heavy atom. The zero-order chi connectivity index (χ0) is 32.5. The monoisotopic (exact) mass is 612 g/mol. The van der Waals surface area contributed by atoms with E-state index in [0.29, 0.717) is 12.2 Å². The number of halogens is 1. The summed E-state index contributed by atoms with van der Waals surface area (Å²) in [6.07, 6.45) is 13.6. The van der Waals surface area contributed by atoms with Crippen molar-refractivity contribution in [1.82, 2.24) is 10.3 Å². The first kappa shape index (κ1) is 39.2. The third-order valence-corrected chi connectivity index (χ3v) is 5.81. The molecule has 1 rings (SSSR count). The first-order valence-electron chi connectivity index (χ1n) is 14.6. The predicted molar refractivity (Wildman–Crippen MR) is 184 cm³/mol. The van der Waals surface area contributed by atoms with Crippen molar-refractivity contribution in [1.29, 1.82) is 0 Å². The van der Waals surface area contributed by atoms with Gasteiger partial charge in [-0.05, 0) is 68.7 Å². The van der Waals surface area contributed by atoms with Gasteiger partial charge < -0.3 is 10.1 Å². The van der Waals surface area contributed by atoms with Crippen LogP contribution in [0.4, 0.5) is 10.5 Å². The van der Waals surface area contributed by atoms with E-state index in [1.165, 1.54) is 27.8 Å². The van der Waals surface area contributed by atoms with Gasteiger partial charge in [-0.25, -0.2) is 9.80 Å². The average molecular weight is 613 g/mol. The number of hydrazone groups is 1. The third kappa shape index (κ3) is 17.7. The molecule has 236 valence electrons. The number of aliphatic imine (C=N–C) groups is 2. The van der Waals surface area contributed by atoms with Crippen molar-refractivity contribution >= 4 is 47.7 Å². The fraction of sp³-hybridized carbons (Fsp3) is 0.424. The molecule has 1 aromatic carbocycles. The van der Waals surface area contributed by atoms with Gasteiger partial charge in [0.2, 0.25) is 0 Å². The Balaban J connectivity index is 0.00000862. The number of urea groups is 1. The number of nitrogens with zero attached hydrogens (tertiary/aromatic N) is 5. The number of allylic oxidation sites excluding steroid dienone is 3. The molecule has 0 spiro atoms. The highest BCUT2D eigenvalue weighted by atomic mass is 35.5. The van der Waals surface area contributed by atoms with Crippen molar-refractivity contribution in [2.45, 2.75) is 66.9 Å². The number of benzene rings is 1. The molecular weight excluding hydrogens is 564 g/mol. The second-order valence-corrected chi connectivity index (χ2v) is 9.37. The van der Waals surface area contributed by atoms with Crippen LogP contribution in [0.3, 0.4) is 0 Å². The van der Waals surface area contributed by atoms with Crippen LogP contribution in [0.15, 0.2) is 87.2 Å². The van der Waals surface area contributed by atoms with Crippen molar-refractivity contribution in [2.75, 3.05) is 31.6 Å². The van der Waals surface area contributed by atoms with Gasteiger partial charge in [0.25, 0.3) is 0 Å². The average Bonchev–Trinajstić information content (AvgIpc) is 3.01. The molecule has 0 saturated carbocycles. The molecule has 1 aromatic rings. The van der Waals surface area contributed by atoms with Gasteiger partial charge in [-0.1, -0.05) is 51.4 Å². The van der Waals surface area contributed by atoms with Crippen molar-refractivity contribution in [2.24, 2.45) is 15.1 Å². The van der Waals surface area contributed by atoms with Crippen molar-refractivity contribution < 1.29 is 14.3 Å². The minimum atomic E-state index is -0.376. The number of nitrogens with one attached hydrogen (secondary N) is 1. The van der Waals surface area contributed by atoms with Crippen LogP contribution in [-0.4, -0.2) is 68.3 Å². The number of hydrogen-bond acceptors (Lipinski definition) is 7. The van der Waals surface area contributed by atoms with Gasteiger partial charge in [-0.3, -0.25) is 19.7 Å². The molecule has 0 aromatic heterocycles. The van der Waals surface area contributed by atoms with Gasteiger partial charge in [-0.2, -0.15) is 5.10 Å². The third-order valence-electron chi connectivity index (χ3n) is 5.70. The van der Waals surface area contributed by atoms with E-state index in [4.69, 9.17) is 16.3 Å². The van der Waals surface area contributed by atoms with E-state index >= 15 is 0 Å². The summed E-state index contributed by atoms with van der Waals surface area (Å²) in [5.74, 6) is 0.693. The topological polar surface area (TPSA) is 99.0 Å². The summed E-state index contributed by atoms with van der Waals surface area (Å²) in [6.45, 7) is 16.2. The van der Waals surface area contributed by atoms with Gasteiger partial charge in [0.15, 0.2) is 0 Å². The predicted octanol–water partition coefficient (Wildman–Crippen LogP) is 7.56. The number of ether oxygens (including phenoxy) is 1. The Morgan fingerprint density at radius 1 is 1.14 bits per heavy atom. The van der Waals surface area contributed by atoms with Gasteiger partial charge in [0.1, 0.15) is 11.5 Å². The largest absolute Gasteiger partial charge is 0.491 e. The lowest BCUT2D eigenvalue weighted by Gasteiger charge is -2.25. The Hall–Kier alpha value is -3.82. The number of amides is 2. The zero-order valence-corrected chi connectivity index (χ0v) is 27.6. The Bertz CT molecular complexity index is 1140. The number of rotatable bonds is 18. The van der Waals surface area contributed by atoms with Crippen LogP contribution >= 0.6 is 11.6 Å². The smallest absolute Gasteiger partial charge is 0.344 e. The van der Waals surface area contributed by atoms with E-state index in [-0.39, 0.29) is 37.4 Å². The summed E-state index contributed by atoms with van der Waals surface area (Å²) in [5.41, 5.74) is 3.66. The molecule has 0 aliphatic rings. The first-order chi connectivity index (χ1) is 20.7. The number of anilines is 1. The lowest BCUT2D eigenvalue weighted by molar-refractivity contribution is -0.118. The van der Waals surface area contributed by atoms with Gasteiger partial charge in [0.05, 0.1) is 25.4 Å². The van der Waals surface area contributed by atoms with Crippen LogP contribution in [0.1, 0.15) is 60.8 Å². The summed E-state index contributed by atoms with van der Waals surface area (Å²) in [5, 5.41) is 8.78. The van der Waals surface area contributed by atoms with Crippen molar-refractivity contribution in [3.63, 3.8) is 0 Å². The second-order valence-electron chi connectivity index (χ2n) is 9.12. The van der Waals surface area contributed by atoms with E-state index in [2.05, 4.69) is 33.9 Å². The summed E-state index contributed by atoms with van der Waals surface area (Å²) in [4.78, 5) is 35.5. The highest BCUT2D eigenvalue weighted by Crippen LogP contribution is 2.21. The molecule has 1 N–H and O–H groups in total. The summed E-state index contributed by atoms with van der Waals surface area (Å²) >= 11 is 5.47. The molecule has 0 aliphatic heterocycles. The zero-order valence-electron chi connectivity index (χ0n) is 26.8. The highest BCUT2D eigenvalue weighted by molar-refractivity contribution is 6.25. The normalized spacial score (nSPS) is 12.9. The second kappa shape index (κ2) is 24.7. The summed E-state index contributed by atoms with van der Waals surface area (Å²) in [7, 11) is 1.67. The molecule has 0 radical (unpaired) electrons. The van der Waals surface area contributed by atoms with Crippen LogP contribution < -0.4 is 15.0 Å². The van der Waals surface area contributed by atoms with Gasteiger partial charge in [0, 0.05) is 56.1 Å². The summed E-state index contributed by atoms with van der Waals surface area (Å²) in [6, 6.07) is 6.95. The molecule has 43 heavy (non-hydrogen) atoms. The minimum absolute atomic E-state index is 0.0493. The molecular formula is C33H49ClN6O3. The van der Waals surface area contributed by atoms with Crippen LogP contribution in [0, 0.1) is 0 Å². The fourth-order valence-corrected chi connectivity index (χ4v) is 3.48. The van der Waals surface area contributed by atoms with E-state index in [0.717, 1.165) is 29.7 Å². The van der Waals surface area contributed by atoms with E-state index in [9.17, 15) is 9.59 Å². The molecule has 1 unspecified atom stereocenters. The van der Waals surface area contributed by atoms with Crippen molar-refractivity contribution in [3.05, 3.63) is 72.1 Å². The van der Waals surface area contributed by atoms with Gasteiger partial charge >= 0.3 is 6.03 Å². The van der Waals surface area contributed by atoms with Crippen LogP contribution in [0.25, 0.3) is 0 Å². The van der Waals surface area contributed by atoms with Gasteiger partial charge in [-0.15, -0.1) is 0 Å². The SMILES string of the molecule is C=CN=C/C(=C\C)CNCC(=O)CCN(/N=C/C(C)=C/C=N/C=C/Cl)C(=O)N(C)c1ccc(OC(C)CCC)cc1.CC. The standard InChI is InChI=1S/C31H43ClN6O3.C2H6/c1-7-10-26(5)41-30-13-11-28(12-14-30)37(6)31(40)38(36-21-25(4)15-18-34-19-17-32)20-16-29(39)24-35-23-27(8-2)22-33-9-3;1-2/h8-9,11-15,17-19,21-22,26,35H,3,7,10,16,20,23-24H2,1-2,4-6H3;1-2H3/b19-17+,25-15+,27-8+,33-22?,34-18+,36-21+;. The van der Waals surface area contributed by atoms with E-state index in [1.54, 1.807) is 31.8 Å². The molecule has 0 heterocycles. The maximum absolute atomic E-state index is 13.4. The Kier molecular flexibility index (Phi) is 22.5. The molecule has 0 saturated heterocycles. The fourth-order valence-electron chi connectivity index (χ4n) is 3.41.